The molecule has 0 unspecified atom stereocenters. The molecule has 0 heterocycles. The third kappa shape index (κ3) is 56.7. The third-order valence-corrected chi connectivity index (χ3v) is 13.6. The topological polar surface area (TPSA) is 61.8 Å². The van der Waals surface area contributed by atoms with E-state index in [2.05, 4.69) is 57.2 Å². The van der Waals surface area contributed by atoms with E-state index in [0.717, 1.165) is 38.5 Å². The summed E-state index contributed by atoms with van der Waals surface area (Å²) in [5.74, 6) is -0.386. The molecule has 400 valence electrons. The highest BCUT2D eigenvalue weighted by molar-refractivity contribution is 5.70. The Kier molecular flexibility index (Phi) is 57.8. The molecule has 0 radical (unpaired) electrons. The predicted octanol–water partition coefficient (Wildman–Crippen LogP) is 20.9. The Labute approximate surface area is 425 Å². The fourth-order valence-corrected chi connectivity index (χ4v) is 9.07. The first-order chi connectivity index (χ1) is 33.6. The van der Waals surface area contributed by atoms with E-state index in [0.29, 0.717) is 26.1 Å². The predicted molar refractivity (Wildman–Crippen MR) is 298 cm³/mol. The van der Waals surface area contributed by atoms with Gasteiger partial charge in [0.2, 0.25) is 0 Å². The van der Waals surface area contributed by atoms with E-state index < -0.39 is 6.10 Å². The Hall–Kier alpha value is -1.88. The quantitative estimate of drug-likeness (QED) is 0.0345. The number of rotatable bonds is 57. The molecule has 0 aromatic rings. The lowest BCUT2D eigenvalue weighted by atomic mass is 10.0. The molecular formula is C63H118O5. The second kappa shape index (κ2) is 59.4. The molecule has 0 bridgehead atoms. The summed E-state index contributed by atoms with van der Waals surface area (Å²) in [6.45, 7) is 7.86. The minimum atomic E-state index is -0.536. The number of carbonyl (C=O) groups is 2. The molecule has 0 aromatic carbocycles. The minimum absolute atomic E-state index is 0.0870. The molecule has 0 saturated heterocycles. The summed E-state index contributed by atoms with van der Waals surface area (Å²) in [4.78, 5) is 25.6. The van der Waals surface area contributed by atoms with Crippen LogP contribution >= 0.6 is 0 Å². The summed E-state index contributed by atoms with van der Waals surface area (Å²) in [5, 5.41) is 0. The maximum absolute atomic E-state index is 12.9. The molecule has 0 saturated carbocycles. The molecule has 0 aromatic heterocycles. The van der Waals surface area contributed by atoms with Crippen LogP contribution in [0.1, 0.15) is 329 Å². The van der Waals surface area contributed by atoms with Crippen molar-refractivity contribution in [2.24, 2.45) is 0 Å². The van der Waals surface area contributed by atoms with Crippen LogP contribution in [0.2, 0.25) is 0 Å². The van der Waals surface area contributed by atoms with E-state index in [4.69, 9.17) is 14.2 Å². The van der Waals surface area contributed by atoms with Gasteiger partial charge in [0.05, 0.1) is 6.61 Å². The summed E-state index contributed by atoms with van der Waals surface area (Å²) >= 11 is 0. The van der Waals surface area contributed by atoms with Crippen molar-refractivity contribution in [3.8, 4) is 0 Å². The van der Waals surface area contributed by atoms with Crippen LogP contribution in [0.3, 0.4) is 0 Å². The molecule has 5 nitrogen and oxygen atoms in total. The van der Waals surface area contributed by atoms with Gasteiger partial charge in [0.25, 0.3) is 0 Å². The van der Waals surface area contributed by atoms with Crippen LogP contribution < -0.4 is 0 Å². The fraction of sp³-hybridized carbons (Fsp3) is 0.873. The lowest BCUT2D eigenvalue weighted by Crippen LogP contribution is -2.30. The molecular weight excluding hydrogens is 837 g/mol. The monoisotopic (exact) mass is 955 g/mol. The SMILES string of the molecule is CCCCC/C=C\C/C=C\CCCCCCCCCCCC(=O)OC[C@@H](COCCCCCCCCCCCCCCCCCC)OC(=O)CCCCCCCCC/C=C\CCCCCCCC. The van der Waals surface area contributed by atoms with Gasteiger partial charge in [0.1, 0.15) is 6.61 Å². The van der Waals surface area contributed by atoms with E-state index in [1.807, 2.05) is 0 Å². The standard InChI is InChI=1S/C63H118O5/c1-4-7-10-13-16-19-22-25-28-31-32-34-35-38-41-44-47-50-53-56-62(64)67-60-61(59-66-58-55-52-49-46-43-40-37-30-27-24-21-18-15-12-9-6-3)68-63(65)57-54-51-48-45-42-39-36-33-29-26-23-20-17-14-11-8-5-2/h16,19,25-26,28-29,61H,4-15,17-18,20-24,27,30-60H2,1-3H3/b19-16-,28-25-,29-26-/t61-/m1/s1. The van der Waals surface area contributed by atoms with Gasteiger partial charge in [0.15, 0.2) is 6.10 Å². The van der Waals surface area contributed by atoms with Gasteiger partial charge in [0, 0.05) is 19.4 Å². The number of hydrogen-bond acceptors (Lipinski definition) is 5. The van der Waals surface area contributed by atoms with Crippen molar-refractivity contribution in [2.45, 2.75) is 335 Å². The number of ether oxygens (including phenoxy) is 3. The van der Waals surface area contributed by atoms with Crippen LogP contribution in [0.4, 0.5) is 0 Å². The second-order valence-corrected chi connectivity index (χ2v) is 20.6. The van der Waals surface area contributed by atoms with Crippen molar-refractivity contribution in [2.75, 3.05) is 19.8 Å². The number of esters is 2. The Morgan fingerprint density at radius 2 is 0.618 bits per heavy atom. The molecule has 0 aliphatic heterocycles. The van der Waals surface area contributed by atoms with Crippen molar-refractivity contribution in [1.82, 2.24) is 0 Å². The summed E-state index contributed by atoms with van der Waals surface area (Å²) in [5.41, 5.74) is 0. The van der Waals surface area contributed by atoms with Gasteiger partial charge in [-0.3, -0.25) is 9.59 Å². The molecule has 0 fully saturated rings. The van der Waals surface area contributed by atoms with E-state index in [9.17, 15) is 9.59 Å². The van der Waals surface area contributed by atoms with E-state index in [1.54, 1.807) is 0 Å². The second-order valence-electron chi connectivity index (χ2n) is 20.6. The summed E-state index contributed by atoms with van der Waals surface area (Å²) < 4.78 is 17.5. The molecule has 68 heavy (non-hydrogen) atoms. The van der Waals surface area contributed by atoms with Crippen molar-refractivity contribution >= 4 is 11.9 Å². The normalized spacial score (nSPS) is 12.3. The van der Waals surface area contributed by atoms with E-state index in [-0.39, 0.29) is 18.5 Å². The number of allylic oxidation sites excluding steroid dienone is 6. The molecule has 0 aliphatic carbocycles. The summed E-state index contributed by atoms with van der Waals surface area (Å²) in [6, 6.07) is 0. The molecule has 0 amide bonds. The molecule has 0 aliphatic rings. The van der Waals surface area contributed by atoms with Crippen LogP contribution in [0.25, 0.3) is 0 Å². The van der Waals surface area contributed by atoms with Gasteiger partial charge in [-0.15, -0.1) is 0 Å². The number of hydrogen-bond donors (Lipinski definition) is 0. The smallest absolute Gasteiger partial charge is 0.306 e. The highest BCUT2D eigenvalue weighted by Gasteiger charge is 2.17. The average molecular weight is 956 g/mol. The number of carbonyl (C=O) groups excluding carboxylic acids is 2. The molecule has 0 rings (SSSR count). The van der Waals surface area contributed by atoms with Crippen LogP contribution in [-0.2, 0) is 23.8 Å². The van der Waals surface area contributed by atoms with Crippen molar-refractivity contribution in [1.29, 1.82) is 0 Å². The van der Waals surface area contributed by atoms with Crippen LogP contribution in [0.15, 0.2) is 36.5 Å². The fourth-order valence-electron chi connectivity index (χ4n) is 9.07. The highest BCUT2D eigenvalue weighted by Crippen LogP contribution is 2.17. The van der Waals surface area contributed by atoms with Crippen molar-refractivity contribution in [3.63, 3.8) is 0 Å². The zero-order valence-electron chi connectivity index (χ0n) is 46.1. The van der Waals surface area contributed by atoms with E-state index >= 15 is 0 Å². The van der Waals surface area contributed by atoms with Gasteiger partial charge in [-0.25, -0.2) is 0 Å². The van der Waals surface area contributed by atoms with Gasteiger partial charge in [-0.2, -0.15) is 0 Å². The Morgan fingerprint density at radius 3 is 1.01 bits per heavy atom. The Morgan fingerprint density at radius 1 is 0.324 bits per heavy atom. The largest absolute Gasteiger partial charge is 0.462 e. The van der Waals surface area contributed by atoms with Crippen molar-refractivity contribution in [3.05, 3.63) is 36.5 Å². The van der Waals surface area contributed by atoms with Crippen LogP contribution in [0.5, 0.6) is 0 Å². The summed E-state index contributed by atoms with van der Waals surface area (Å²) in [6.07, 6.45) is 73.1. The van der Waals surface area contributed by atoms with Gasteiger partial charge < -0.3 is 14.2 Å². The van der Waals surface area contributed by atoms with Crippen LogP contribution in [-0.4, -0.2) is 37.9 Å². The Bertz CT molecular complexity index is 1080. The van der Waals surface area contributed by atoms with Crippen LogP contribution in [0, 0.1) is 0 Å². The maximum atomic E-state index is 12.9. The van der Waals surface area contributed by atoms with Gasteiger partial charge >= 0.3 is 11.9 Å². The van der Waals surface area contributed by atoms with Gasteiger partial charge in [-0.05, 0) is 77.0 Å². The molecule has 0 N–H and O–H groups in total. The lowest BCUT2D eigenvalue weighted by molar-refractivity contribution is -0.163. The average Bonchev–Trinajstić information content (AvgIpc) is 3.34. The number of unbranched alkanes of at least 4 members (excludes halogenated alkanes) is 40. The molecule has 1 atom stereocenters. The van der Waals surface area contributed by atoms with Gasteiger partial charge in [-0.1, -0.05) is 276 Å². The highest BCUT2D eigenvalue weighted by atomic mass is 16.6. The zero-order valence-corrected chi connectivity index (χ0v) is 46.1. The lowest BCUT2D eigenvalue weighted by Gasteiger charge is -2.18. The third-order valence-electron chi connectivity index (χ3n) is 13.6. The first kappa shape index (κ1) is 66.1. The molecule has 0 spiro atoms. The van der Waals surface area contributed by atoms with Crippen molar-refractivity contribution < 1.29 is 23.8 Å². The van der Waals surface area contributed by atoms with E-state index in [1.165, 1.54) is 257 Å². The molecule has 5 heteroatoms. The zero-order chi connectivity index (χ0) is 49.2. The summed E-state index contributed by atoms with van der Waals surface area (Å²) in [7, 11) is 0. The Balaban J connectivity index is 4.24. The minimum Gasteiger partial charge on any atom is -0.462 e. The maximum Gasteiger partial charge on any atom is 0.306 e. The first-order valence-electron chi connectivity index (χ1n) is 30.5. The first-order valence-corrected chi connectivity index (χ1v) is 30.5.